The molecule has 2 aromatic rings. The summed E-state index contributed by atoms with van der Waals surface area (Å²) in [7, 11) is 0. The third-order valence-corrected chi connectivity index (χ3v) is 5.08. The summed E-state index contributed by atoms with van der Waals surface area (Å²) in [6.07, 6.45) is -3.41. The van der Waals surface area contributed by atoms with E-state index in [1.54, 1.807) is 18.2 Å². The molecule has 0 aliphatic carbocycles. The van der Waals surface area contributed by atoms with Crippen molar-refractivity contribution < 1.29 is 18.0 Å². The van der Waals surface area contributed by atoms with Gasteiger partial charge >= 0.3 is 6.18 Å². The first-order valence-corrected chi connectivity index (χ1v) is 9.10. The number of carbonyl (C=O) groups is 1. The second-order valence-corrected chi connectivity index (χ2v) is 7.07. The normalized spacial score (nSPS) is 17.0. The molecule has 3 nitrogen and oxygen atoms in total. The zero-order valence-electron chi connectivity index (χ0n) is 14.6. The van der Waals surface area contributed by atoms with Crippen molar-refractivity contribution >= 4 is 23.6 Å². The van der Waals surface area contributed by atoms with Crippen LogP contribution in [0.25, 0.3) is 0 Å². The maximum atomic E-state index is 12.9. The smallest absolute Gasteiger partial charge is 0.369 e. The number of carbonyl (C=O) groups excluding carboxylic acids is 1. The van der Waals surface area contributed by atoms with Crippen LogP contribution in [0.1, 0.15) is 17.0 Å². The molecule has 144 valence electrons. The van der Waals surface area contributed by atoms with Crippen LogP contribution in [0.15, 0.2) is 48.5 Å². The van der Waals surface area contributed by atoms with Gasteiger partial charge in [0.05, 0.1) is 11.5 Å². The minimum Gasteiger partial charge on any atom is -0.369 e. The fourth-order valence-electron chi connectivity index (χ4n) is 3.28. The minimum atomic E-state index is -4.34. The highest BCUT2D eigenvalue weighted by Crippen LogP contribution is 2.32. The third kappa shape index (κ3) is 5.02. The molecule has 1 atom stereocenters. The Labute approximate surface area is 161 Å². The number of anilines is 1. The molecule has 0 amide bonds. The number of rotatable bonds is 5. The molecule has 0 radical (unpaired) electrons. The standard InChI is InChI=1S/C20H20ClF3N2O/c21-18-6-4-15(5-7-18)16(14-27)13-25-8-10-26(11-9-25)19-3-1-2-17(12-19)20(22,23)24/h1-7,12,14,16H,8-11,13H2. The van der Waals surface area contributed by atoms with Crippen molar-refractivity contribution in [3.05, 3.63) is 64.7 Å². The Morgan fingerprint density at radius 2 is 1.70 bits per heavy atom. The van der Waals surface area contributed by atoms with Gasteiger partial charge in [0.15, 0.2) is 0 Å². The molecular weight excluding hydrogens is 377 g/mol. The Hall–Kier alpha value is -2.05. The average molecular weight is 397 g/mol. The number of hydrogen-bond acceptors (Lipinski definition) is 3. The van der Waals surface area contributed by atoms with Gasteiger partial charge in [-0.05, 0) is 35.9 Å². The fourth-order valence-corrected chi connectivity index (χ4v) is 3.41. The highest BCUT2D eigenvalue weighted by atomic mass is 35.5. The van der Waals surface area contributed by atoms with Crippen LogP contribution in [0.3, 0.4) is 0 Å². The summed E-state index contributed by atoms with van der Waals surface area (Å²) in [5, 5.41) is 0.623. The van der Waals surface area contributed by atoms with Crippen LogP contribution in [0.5, 0.6) is 0 Å². The van der Waals surface area contributed by atoms with Crippen molar-refractivity contribution in [2.75, 3.05) is 37.6 Å². The molecule has 0 saturated carbocycles. The molecule has 1 aliphatic heterocycles. The summed E-state index contributed by atoms with van der Waals surface area (Å²) < 4.78 is 38.7. The number of alkyl halides is 3. The van der Waals surface area contributed by atoms with Gasteiger partial charge in [-0.3, -0.25) is 4.90 Å². The van der Waals surface area contributed by atoms with Crippen LogP contribution in [0.4, 0.5) is 18.9 Å². The summed E-state index contributed by atoms with van der Waals surface area (Å²) >= 11 is 5.89. The van der Waals surface area contributed by atoms with E-state index in [-0.39, 0.29) is 5.92 Å². The van der Waals surface area contributed by atoms with E-state index >= 15 is 0 Å². The fraction of sp³-hybridized carbons (Fsp3) is 0.350. The molecule has 1 aliphatic rings. The number of aldehydes is 1. The lowest BCUT2D eigenvalue weighted by Gasteiger charge is -2.37. The number of halogens is 4. The molecule has 0 aromatic heterocycles. The number of piperazine rings is 1. The molecule has 1 saturated heterocycles. The highest BCUT2D eigenvalue weighted by Gasteiger charge is 2.31. The lowest BCUT2D eigenvalue weighted by atomic mass is 10.00. The van der Waals surface area contributed by atoms with Crippen LogP contribution >= 0.6 is 11.6 Å². The maximum absolute atomic E-state index is 12.9. The lowest BCUT2D eigenvalue weighted by molar-refractivity contribution is -0.137. The summed E-state index contributed by atoms with van der Waals surface area (Å²) in [6, 6.07) is 12.6. The van der Waals surface area contributed by atoms with E-state index in [1.165, 1.54) is 12.1 Å². The Morgan fingerprint density at radius 1 is 1.04 bits per heavy atom. The molecule has 0 bridgehead atoms. The van der Waals surface area contributed by atoms with Crippen LogP contribution in [-0.4, -0.2) is 43.9 Å². The van der Waals surface area contributed by atoms with E-state index in [9.17, 15) is 18.0 Å². The van der Waals surface area contributed by atoms with Crippen LogP contribution in [0.2, 0.25) is 5.02 Å². The lowest BCUT2D eigenvalue weighted by Crippen LogP contribution is -2.47. The molecule has 1 heterocycles. The van der Waals surface area contributed by atoms with Crippen LogP contribution < -0.4 is 4.90 Å². The topological polar surface area (TPSA) is 23.6 Å². The molecule has 0 spiro atoms. The van der Waals surface area contributed by atoms with E-state index in [0.717, 1.165) is 17.9 Å². The Balaban J connectivity index is 1.60. The summed E-state index contributed by atoms with van der Waals surface area (Å²) in [5.41, 5.74) is 0.856. The van der Waals surface area contributed by atoms with Gasteiger partial charge in [0.1, 0.15) is 6.29 Å². The van der Waals surface area contributed by atoms with Gasteiger partial charge in [0.2, 0.25) is 0 Å². The molecule has 1 unspecified atom stereocenters. The zero-order chi connectivity index (χ0) is 19.4. The van der Waals surface area contributed by atoms with Crippen molar-refractivity contribution in [3.8, 4) is 0 Å². The van der Waals surface area contributed by atoms with Crippen LogP contribution in [-0.2, 0) is 11.0 Å². The predicted molar refractivity (Wildman–Crippen MR) is 100 cm³/mol. The van der Waals surface area contributed by atoms with Crippen molar-refractivity contribution in [1.82, 2.24) is 4.90 Å². The Bertz CT molecular complexity index is 772. The first-order chi connectivity index (χ1) is 12.9. The quantitative estimate of drug-likeness (QED) is 0.697. The van der Waals surface area contributed by atoms with Gasteiger partial charge in [0, 0.05) is 43.4 Å². The van der Waals surface area contributed by atoms with E-state index in [2.05, 4.69) is 4.90 Å². The zero-order valence-corrected chi connectivity index (χ0v) is 15.4. The summed E-state index contributed by atoms with van der Waals surface area (Å²) in [4.78, 5) is 15.6. The second kappa shape index (κ2) is 8.31. The molecular formula is C20H20ClF3N2O. The largest absolute Gasteiger partial charge is 0.416 e. The third-order valence-electron chi connectivity index (χ3n) is 4.83. The molecule has 27 heavy (non-hydrogen) atoms. The van der Waals surface area contributed by atoms with E-state index in [1.807, 2.05) is 17.0 Å². The van der Waals surface area contributed by atoms with Crippen molar-refractivity contribution in [3.63, 3.8) is 0 Å². The maximum Gasteiger partial charge on any atom is 0.416 e. The van der Waals surface area contributed by atoms with Crippen LogP contribution in [0, 0.1) is 0 Å². The SMILES string of the molecule is O=CC(CN1CCN(c2cccc(C(F)(F)F)c2)CC1)c1ccc(Cl)cc1. The van der Waals surface area contributed by atoms with Crippen molar-refractivity contribution in [2.24, 2.45) is 0 Å². The van der Waals surface area contributed by atoms with Gasteiger partial charge in [-0.25, -0.2) is 0 Å². The van der Waals surface area contributed by atoms with E-state index in [0.29, 0.717) is 43.4 Å². The van der Waals surface area contributed by atoms with Gasteiger partial charge in [-0.2, -0.15) is 13.2 Å². The van der Waals surface area contributed by atoms with Gasteiger partial charge < -0.3 is 9.69 Å². The summed E-state index contributed by atoms with van der Waals surface area (Å²) in [6.45, 7) is 3.20. The highest BCUT2D eigenvalue weighted by molar-refractivity contribution is 6.30. The molecule has 0 N–H and O–H groups in total. The van der Waals surface area contributed by atoms with Gasteiger partial charge in [-0.1, -0.05) is 29.8 Å². The Morgan fingerprint density at radius 3 is 2.30 bits per heavy atom. The summed E-state index contributed by atoms with van der Waals surface area (Å²) in [5.74, 6) is -0.248. The number of hydrogen-bond donors (Lipinski definition) is 0. The monoisotopic (exact) mass is 396 g/mol. The second-order valence-electron chi connectivity index (χ2n) is 6.63. The molecule has 2 aromatic carbocycles. The first kappa shape index (κ1) is 19.7. The van der Waals surface area contributed by atoms with Crippen molar-refractivity contribution in [2.45, 2.75) is 12.1 Å². The van der Waals surface area contributed by atoms with Gasteiger partial charge in [-0.15, -0.1) is 0 Å². The minimum absolute atomic E-state index is 0.248. The average Bonchev–Trinajstić information content (AvgIpc) is 2.67. The number of benzene rings is 2. The van der Waals surface area contributed by atoms with E-state index < -0.39 is 11.7 Å². The van der Waals surface area contributed by atoms with Gasteiger partial charge in [0.25, 0.3) is 0 Å². The van der Waals surface area contributed by atoms with Crippen molar-refractivity contribution in [1.29, 1.82) is 0 Å². The predicted octanol–water partition coefficient (Wildman–Crippen LogP) is 4.46. The molecule has 3 rings (SSSR count). The first-order valence-electron chi connectivity index (χ1n) is 8.72. The molecule has 1 fully saturated rings. The van der Waals surface area contributed by atoms with E-state index in [4.69, 9.17) is 11.6 Å². The molecule has 7 heteroatoms. The number of nitrogens with zero attached hydrogens (tertiary/aromatic N) is 2. The Kier molecular flexibility index (Phi) is 6.07.